The van der Waals surface area contributed by atoms with E-state index in [1.54, 1.807) is 0 Å². The number of ether oxygens (including phenoxy) is 2. The van der Waals surface area contributed by atoms with E-state index in [-0.39, 0.29) is 16.4 Å². The van der Waals surface area contributed by atoms with Crippen LogP contribution in [-0.4, -0.2) is 101 Å². The molecule has 1 fully saturated rings. The molecule has 0 saturated carbocycles. The summed E-state index contributed by atoms with van der Waals surface area (Å²) in [5.74, 6) is 1.86. The zero-order chi connectivity index (χ0) is 49.5. The molecule has 1 atom stereocenters. The van der Waals surface area contributed by atoms with Crippen molar-refractivity contribution in [1.82, 2.24) is 0 Å². The maximum absolute atomic E-state index is 7.46. The molecule has 0 aromatic heterocycles. The van der Waals surface area contributed by atoms with Gasteiger partial charge in [-0.25, -0.2) is 0 Å². The van der Waals surface area contributed by atoms with Gasteiger partial charge < -0.3 is 18.4 Å². The Bertz CT molecular complexity index is 2140. The normalized spacial score (nSPS) is 17.7. The largest absolute Gasteiger partial charge is 0.704 e. The lowest BCUT2D eigenvalue weighted by atomic mass is 9.79. The van der Waals surface area contributed by atoms with Crippen LogP contribution in [0.1, 0.15) is 213 Å². The minimum atomic E-state index is -1.12. The van der Waals surface area contributed by atoms with Crippen molar-refractivity contribution in [3.05, 3.63) is 81.4 Å². The standard InChI is InChI=1S/C62H100N4O2/c1-16-22-33-65(34-23-17-2,35-24-18-3)39-31-49-29-28-30-50(32-40-66(36-25-19-4,37-26-20-5)38-27-21-6)56(49)51-41-48(7)57-52(42-51)46-64-61(14,15)47-63-45-53-43-54(59(8,9)10)44-55(60(11,12)13)58(53)68-62(63,64)67-57/h28-30,41-46H,16-27,31-40,47H2,1-15H3/q+4. The molecular formula is C62H100N4O2+4. The van der Waals surface area contributed by atoms with Gasteiger partial charge in [0.1, 0.15) is 0 Å². The Kier molecular flexibility index (Phi) is 17.7. The van der Waals surface area contributed by atoms with E-state index >= 15 is 0 Å². The highest BCUT2D eigenvalue weighted by molar-refractivity contribution is 5.87. The highest BCUT2D eigenvalue weighted by Gasteiger charge is 2.75. The SMILES string of the molecule is CCCC[N+](CCCC)(CCCC)CCc1cccc(CC[N+](CCCC)(CCCC)CCCC)c1-c1cc(C)c2c(c1)C=[N+]1C(C)(C)C[N+]3=Cc4cc(C(C)(C)C)cc(C(C)(C)C)c4OC31O2. The molecule has 3 aliphatic rings. The Hall–Kier alpha value is -3.48. The van der Waals surface area contributed by atoms with Gasteiger partial charge in [0.05, 0.1) is 63.5 Å². The first-order chi connectivity index (χ1) is 32.2. The average Bonchev–Trinajstić information content (AvgIpc) is 3.52. The van der Waals surface area contributed by atoms with Crippen LogP contribution >= 0.6 is 0 Å². The fourth-order valence-electron chi connectivity index (χ4n) is 11.8. The van der Waals surface area contributed by atoms with Gasteiger partial charge in [0, 0.05) is 32.3 Å². The van der Waals surface area contributed by atoms with Gasteiger partial charge in [-0.2, -0.15) is 0 Å². The van der Waals surface area contributed by atoms with E-state index in [2.05, 4.69) is 168 Å². The molecule has 1 unspecified atom stereocenters. The summed E-state index contributed by atoms with van der Waals surface area (Å²) in [7, 11) is 0. The topological polar surface area (TPSA) is 24.5 Å². The third-order valence-corrected chi connectivity index (χ3v) is 16.2. The number of nitrogens with zero attached hydrogens (tertiary/aromatic N) is 4. The third-order valence-electron chi connectivity index (χ3n) is 16.2. The van der Waals surface area contributed by atoms with Crippen LogP contribution in [0.25, 0.3) is 11.1 Å². The van der Waals surface area contributed by atoms with Crippen LogP contribution in [0.15, 0.2) is 42.5 Å². The van der Waals surface area contributed by atoms with E-state index in [0.717, 1.165) is 42.0 Å². The van der Waals surface area contributed by atoms with E-state index in [4.69, 9.17) is 9.47 Å². The van der Waals surface area contributed by atoms with Gasteiger partial charge in [-0.05, 0) is 108 Å². The van der Waals surface area contributed by atoms with Gasteiger partial charge in [-0.3, -0.25) is 0 Å². The fourth-order valence-corrected chi connectivity index (χ4v) is 11.8. The molecule has 3 aromatic rings. The van der Waals surface area contributed by atoms with Crippen molar-refractivity contribution in [1.29, 1.82) is 0 Å². The zero-order valence-electron chi connectivity index (χ0n) is 46.6. The molecule has 0 N–H and O–H groups in total. The first-order valence-corrected chi connectivity index (χ1v) is 28.0. The molecule has 68 heavy (non-hydrogen) atoms. The van der Waals surface area contributed by atoms with Crippen LogP contribution in [0.4, 0.5) is 0 Å². The van der Waals surface area contributed by atoms with E-state index < -0.39 is 6.03 Å². The molecule has 0 aliphatic carbocycles. The fraction of sp³-hybridized carbons (Fsp3) is 0.677. The Labute approximate surface area is 417 Å². The smallest absolute Gasteiger partial charge is 0.340 e. The van der Waals surface area contributed by atoms with E-state index in [1.807, 2.05) is 0 Å². The highest BCUT2D eigenvalue weighted by atomic mass is 16.7. The lowest BCUT2D eigenvalue weighted by Gasteiger charge is -2.40. The van der Waals surface area contributed by atoms with Crippen molar-refractivity contribution in [2.45, 2.75) is 216 Å². The van der Waals surface area contributed by atoms with Gasteiger partial charge in [0.2, 0.25) is 12.1 Å². The van der Waals surface area contributed by atoms with Crippen molar-refractivity contribution in [3.63, 3.8) is 0 Å². The molecule has 6 nitrogen and oxygen atoms in total. The number of aryl methyl sites for hydroxylation is 1. The van der Waals surface area contributed by atoms with Crippen LogP contribution in [0.3, 0.4) is 0 Å². The van der Waals surface area contributed by atoms with Gasteiger partial charge in [-0.1, -0.05) is 155 Å². The van der Waals surface area contributed by atoms with E-state index in [9.17, 15) is 0 Å². The summed E-state index contributed by atoms with van der Waals surface area (Å²) >= 11 is 0. The Morgan fingerprint density at radius 2 is 1.01 bits per heavy atom. The van der Waals surface area contributed by atoms with Crippen molar-refractivity contribution in [2.75, 3.05) is 58.9 Å². The van der Waals surface area contributed by atoms with E-state index in [1.165, 1.54) is 177 Å². The molecule has 3 heterocycles. The number of hydrogen-bond acceptors (Lipinski definition) is 2. The van der Waals surface area contributed by atoms with Crippen molar-refractivity contribution < 1.29 is 27.6 Å². The molecule has 3 aromatic carbocycles. The molecule has 0 amide bonds. The average molecular weight is 934 g/mol. The van der Waals surface area contributed by atoms with Crippen LogP contribution in [0.5, 0.6) is 11.5 Å². The number of quaternary nitrogens is 2. The minimum Gasteiger partial charge on any atom is -0.340 e. The van der Waals surface area contributed by atoms with Gasteiger partial charge in [-0.15, -0.1) is 0 Å². The molecule has 6 rings (SSSR count). The molecule has 1 spiro atoms. The van der Waals surface area contributed by atoms with Gasteiger partial charge in [0.25, 0.3) is 0 Å². The predicted octanol–water partition coefficient (Wildman–Crippen LogP) is 14.5. The predicted molar refractivity (Wildman–Crippen MR) is 291 cm³/mol. The molecule has 0 bridgehead atoms. The number of unbranched alkanes of at least 4 members (excludes halogenated alkanes) is 6. The second-order valence-electron chi connectivity index (χ2n) is 24.5. The van der Waals surface area contributed by atoms with Crippen LogP contribution < -0.4 is 9.47 Å². The second-order valence-corrected chi connectivity index (χ2v) is 24.5. The summed E-state index contributed by atoms with van der Waals surface area (Å²) in [5, 5.41) is 0. The second kappa shape index (κ2) is 22.3. The summed E-state index contributed by atoms with van der Waals surface area (Å²) in [6, 6.07) is 16.0. The molecule has 3 aliphatic heterocycles. The summed E-state index contributed by atoms with van der Waals surface area (Å²) < 4.78 is 22.1. The summed E-state index contributed by atoms with van der Waals surface area (Å²) in [6.07, 6.45) is 22.3. The lowest BCUT2D eigenvalue weighted by molar-refractivity contribution is -0.928. The minimum absolute atomic E-state index is 0.0124. The number of fused-ring (bicyclic) bond motifs is 2. The summed E-state index contributed by atoms with van der Waals surface area (Å²) in [6.45, 7) is 46.0. The van der Waals surface area contributed by atoms with Crippen LogP contribution in [0, 0.1) is 6.92 Å². The summed E-state index contributed by atoms with van der Waals surface area (Å²) in [4.78, 5) is 0. The van der Waals surface area contributed by atoms with Gasteiger partial charge in [0.15, 0.2) is 23.9 Å². The third kappa shape index (κ3) is 11.8. The maximum atomic E-state index is 7.46. The molecule has 1 saturated heterocycles. The molecule has 376 valence electrons. The Balaban J connectivity index is 1.49. The highest BCUT2D eigenvalue weighted by Crippen LogP contribution is 2.47. The first-order valence-electron chi connectivity index (χ1n) is 28.0. The molecule has 0 radical (unpaired) electrons. The lowest BCUT2D eigenvalue weighted by Crippen LogP contribution is -2.61. The quantitative estimate of drug-likeness (QED) is 0.0625. The first kappa shape index (κ1) is 53.9. The molecular weight excluding hydrogens is 833 g/mol. The number of benzene rings is 3. The Morgan fingerprint density at radius 3 is 1.46 bits per heavy atom. The van der Waals surface area contributed by atoms with Crippen molar-refractivity contribution >= 4 is 12.4 Å². The van der Waals surface area contributed by atoms with Gasteiger partial charge >= 0.3 is 6.03 Å². The summed E-state index contributed by atoms with van der Waals surface area (Å²) in [5.41, 5.74) is 11.5. The maximum Gasteiger partial charge on any atom is 0.704 e. The van der Waals surface area contributed by atoms with Crippen LogP contribution in [0.2, 0.25) is 0 Å². The monoisotopic (exact) mass is 933 g/mol. The van der Waals surface area contributed by atoms with Crippen LogP contribution in [-0.2, 0) is 23.7 Å². The van der Waals surface area contributed by atoms with Crippen molar-refractivity contribution in [3.8, 4) is 22.6 Å². The van der Waals surface area contributed by atoms with Crippen molar-refractivity contribution in [2.24, 2.45) is 0 Å². The molecule has 6 heteroatoms. The number of hydrogen-bond donors (Lipinski definition) is 0. The Morgan fingerprint density at radius 1 is 0.559 bits per heavy atom. The zero-order valence-corrected chi connectivity index (χ0v) is 46.6. The van der Waals surface area contributed by atoms with E-state index in [0.29, 0.717) is 0 Å². The number of rotatable bonds is 25.